The number of carbonyl (C=O) groups excluding carboxylic acids is 2. The Morgan fingerprint density at radius 3 is 2.07 bits per heavy atom. The van der Waals surface area contributed by atoms with Crippen molar-refractivity contribution in [2.45, 2.75) is 26.3 Å². The van der Waals surface area contributed by atoms with Crippen LogP contribution in [0.3, 0.4) is 0 Å². The minimum absolute atomic E-state index is 0.200. The zero-order valence-electron chi connectivity index (χ0n) is 16.5. The van der Waals surface area contributed by atoms with Gasteiger partial charge in [0.05, 0.1) is 12.5 Å². The molecule has 0 unspecified atom stereocenters. The second kappa shape index (κ2) is 9.01. The standard InChI is InChI=1S/C23H24N4O2/c1-16-13-18(14-25-22(16)24)15-27(17(2)28)26-23(29)21(19-9-5-3-6-10-19)20-11-7-4-8-12-20/h3-14,21H,15H2,1-2H3,(H2,24,25)(H,26,29). The van der Waals surface area contributed by atoms with Gasteiger partial charge in [0.1, 0.15) is 5.82 Å². The van der Waals surface area contributed by atoms with Gasteiger partial charge in [-0.15, -0.1) is 0 Å². The first kappa shape index (κ1) is 20.1. The average molecular weight is 388 g/mol. The Bertz CT molecular complexity index is 951. The van der Waals surface area contributed by atoms with E-state index in [0.29, 0.717) is 5.82 Å². The Morgan fingerprint density at radius 2 is 1.59 bits per heavy atom. The molecular weight excluding hydrogens is 364 g/mol. The van der Waals surface area contributed by atoms with Crippen LogP contribution in [0.5, 0.6) is 0 Å². The molecule has 1 heterocycles. The highest BCUT2D eigenvalue weighted by molar-refractivity contribution is 5.88. The number of nitrogens with one attached hydrogen (secondary N) is 1. The lowest BCUT2D eigenvalue weighted by molar-refractivity contribution is -0.140. The molecule has 3 rings (SSSR count). The Morgan fingerprint density at radius 1 is 1.03 bits per heavy atom. The molecule has 2 aromatic carbocycles. The summed E-state index contributed by atoms with van der Waals surface area (Å²) in [6.45, 7) is 3.47. The maximum absolute atomic E-state index is 13.2. The monoisotopic (exact) mass is 388 g/mol. The second-order valence-corrected chi connectivity index (χ2v) is 6.88. The third-order valence-electron chi connectivity index (χ3n) is 4.67. The first-order valence-electron chi connectivity index (χ1n) is 9.35. The van der Waals surface area contributed by atoms with Crippen molar-refractivity contribution in [2.75, 3.05) is 5.73 Å². The lowest BCUT2D eigenvalue weighted by atomic mass is 9.91. The molecule has 0 bridgehead atoms. The second-order valence-electron chi connectivity index (χ2n) is 6.88. The van der Waals surface area contributed by atoms with Gasteiger partial charge in [0.15, 0.2) is 0 Å². The van der Waals surface area contributed by atoms with Crippen LogP contribution in [-0.4, -0.2) is 21.8 Å². The number of hydrogen-bond donors (Lipinski definition) is 2. The minimum Gasteiger partial charge on any atom is -0.383 e. The number of hydrazine groups is 1. The summed E-state index contributed by atoms with van der Waals surface area (Å²) < 4.78 is 0. The van der Waals surface area contributed by atoms with Crippen LogP contribution in [0.1, 0.15) is 35.1 Å². The number of carbonyl (C=O) groups is 2. The summed E-state index contributed by atoms with van der Waals surface area (Å²) in [5.41, 5.74) is 11.9. The molecule has 0 spiro atoms. The van der Waals surface area contributed by atoms with Crippen molar-refractivity contribution in [1.29, 1.82) is 0 Å². The molecule has 0 atom stereocenters. The summed E-state index contributed by atoms with van der Waals surface area (Å²) in [5, 5.41) is 1.30. The van der Waals surface area contributed by atoms with E-state index in [4.69, 9.17) is 5.73 Å². The largest absolute Gasteiger partial charge is 0.383 e. The van der Waals surface area contributed by atoms with Crippen LogP contribution in [-0.2, 0) is 16.1 Å². The van der Waals surface area contributed by atoms with Crippen molar-refractivity contribution in [3.8, 4) is 0 Å². The Hall–Kier alpha value is -3.67. The summed E-state index contributed by atoms with van der Waals surface area (Å²) in [6.07, 6.45) is 1.61. The van der Waals surface area contributed by atoms with Crippen LogP contribution >= 0.6 is 0 Å². The van der Waals surface area contributed by atoms with E-state index in [9.17, 15) is 9.59 Å². The SMILES string of the molecule is CC(=O)N(Cc1cnc(N)c(C)c1)NC(=O)C(c1ccccc1)c1ccccc1. The number of amides is 2. The molecule has 3 aromatic rings. The van der Waals surface area contributed by atoms with Crippen LogP contribution in [0, 0.1) is 6.92 Å². The van der Waals surface area contributed by atoms with E-state index in [1.54, 1.807) is 6.20 Å². The Labute approximate surface area is 170 Å². The van der Waals surface area contributed by atoms with Crippen molar-refractivity contribution in [1.82, 2.24) is 15.4 Å². The van der Waals surface area contributed by atoms with Gasteiger partial charge in [0.2, 0.25) is 5.91 Å². The fourth-order valence-electron chi connectivity index (χ4n) is 3.13. The van der Waals surface area contributed by atoms with Gasteiger partial charge in [0.25, 0.3) is 5.91 Å². The summed E-state index contributed by atoms with van der Waals surface area (Å²) in [4.78, 5) is 29.6. The summed E-state index contributed by atoms with van der Waals surface area (Å²) in [7, 11) is 0. The number of rotatable bonds is 5. The third-order valence-corrected chi connectivity index (χ3v) is 4.67. The lowest BCUT2D eigenvalue weighted by Gasteiger charge is -2.25. The van der Waals surface area contributed by atoms with E-state index in [-0.39, 0.29) is 18.4 Å². The van der Waals surface area contributed by atoms with Crippen molar-refractivity contribution in [2.24, 2.45) is 0 Å². The number of nitrogen functional groups attached to an aromatic ring is 1. The minimum atomic E-state index is -0.537. The first-order chi connectivity index (χ1) is 14.0. The smallest absolute Gasteiger partial charge is 0.250 e. The maximum Gasteiger partial charge on any atom is 0.250 e. The number of nitrogens with two attached hydrogens (primary N) is 1. The summed E-state index contributed by atoms with van der Waals surface area (Å²) in [6, 6.07) is 20.9. The fourth-order valence-corrected chi connectivity index (χ4v) is 3.13. The topological polar surface area (TPSA) is 88.3 Å². The highest BCUT2D eigenvalue weighted by Crippen LogP contribution is 2.25. The van der Waals surface area contributed by atoms with E-state index < -0.39 is 5.92 Å². The van der Waals surface area contributed by atoms with Crippen molar-refractivity contribution in [3.05, 3.63) is 95.2 Å². The fraction of sp³-hybridized carbons (Fsp3) is 0.174. The van der Waals surface area contributed by atoms with Gasteiger partial charge in [-0.2, -0.15) is 0 Å². The number of pyridine rings is 1. The molecule has 0 saturated heterocycles. The van der Waals surface area contributed by atoms with Gasteiger partial charge in [-0.05, 0) is 35.2 Å². The van der Waals surface area contributed by atoms with Gasteiger partial charge in [-0.3, -0.25) is 15.0 Å². The Balaban J connectivity index is 1.86. The Kier molecular flexibility index (Phi) is 6.24. The molecule has 3 N–H and O–H groups in total. The quantitative estimate of drug-likeness (QED) is 0.657. The molecule has 0 fully saturated rings. The molecule has 6 heteroatoms. The molecule has 0 saturated carbocycles. The van der Waals surface area contributed by atoms with E-state index in [1.807, 2.05) is 73.7 Å². The van der Waals surface area contributed by atoms with Crippen LogP contribution < -0.4 is 11.2 Å². The molecule has 2 amide bonds. The number of hydrogen-bond acceptors (Lipinski definition) is 4. The van der Waals surface area contributed by atoms with Crippen LogP contribution in [0.4, 0.5) is 5.82 Å². The van der Waals surface area contributed by atoms with Crippen LogP contribution in [0.25, 0.3) is 0 Å². The molecule has 0 radical (unpaired) electrons. The predicted octanol–water partition coefficient (Wildman–Crippen LogP) is 3.18. The lowest BCUT2D eigenvalue weighted by Crippen LogP contribution is -2.46. The zero-order valence-corrected chi connectivity index (χ0v) is 16.5. The van der Waals surface area contributed by atoms with Crippen LogP contribution in [0.2, 0.25) is 0 Å². The van der Waals surface area contributed by atoms with Crippen molar-refractivity contribution < 1.29 is 9.59 Å². The van der Waals surface area contributed by atoms with E-state index in [2.05, 4.69) is 10.4 Å². The molecule has 6 nitrogen and oxygen atoms in total. The number of aryl methyl sites for hydroxylation is 1. The highest BCUT2D eigenvalue weighted by atomic mass is 16.2. The molecule has 1 aromatic heterocycles. The molecule has 0 aliphatic rings. The van der Waals surface area contributed by atoms with Gasteiger partial charge in [-0.1, -0.05) is 60.7 Å². The number of aromatic nitrogens is 1. The van der Waals surface area contributed by atoms with Gasteiger partial charge in [0, 0.05) is 13.1 Å². The average Bonchev–Trinajstić information content (AvgIpc) is 2.72. The molecular formula is C23H24N4O2. The molecule has 0 aliphatic carbocycles. The van der Waals surface area contributed by atoms with Gasteiger partial charge >= 0.3 is 0 Å². The van der Waals surface area contributed by atoms with Crippen LogP contribution in [0.15, 0.2) is 72.9 Å². The normalized spacial score (nSPS) is 10.6. The first-order valence-corrected chi connectivity index (χ1v) is 9.35. The third kappa shape index (κ3) is 4.99. The van der Waals surface area contributed by atoms with E-state index in [0.717, 1.165) is 22.3 Å². The van der Waals surface area contributed by atoms with Crippen molar-refractivity contribution in [3.63, 3.8) is 0 Å². The zero-order chi connectivity index (χ0) is 20.8. The van der Waals surface area contributed by atoms with Gasteiger partial charge in [-0.25, -0.2) is 9.99 Å². The summed E-state index contributed by atoms with van der Waals surface area (Å²) >= 11 is 0. The van der Waals surface area contributed by atoms with E-state index >= 15 is 0 Å². The van der Waals surface area contributed by atoms with Gasteiger partial charge < -0.3 is 5.73 Å². The number of nitrogens with zero attached hydrogens (tertiary/aromatic N) is 2. The predicted molar refractivity (Wildman–Crippen MR) is 112 cm³/mol. The number of anilines is 1. The molecule has 0 aliphatic heterocycles. The maximum atomic E-state index is 13.2. The summed E-state index contributed by atoms with van der Waals surface area (Å²) in [5.74, 6) is -0.642. The van der Waals surface area contributed by atoms with E-state index in [1.165, 1.54) is 11.9 Å². The highest BCUT2D eigenvalue weighted by Gasteiger charge is 2.25. The molecule has 29 heavy (non-hydrogen) atoms. The molecule has 148 valence electrons. The van der Waals surface area contributed by atoms with Crippen molar-refractivity contribution >= 4 is 17.6 Å². The number of benzene rings is 2.